The fourth-order valence-corrected chi connectivity index (χ4v) is 3.74. The molecule has 0 saturated heterocycles. The summed E-state index contributed by atoms with van der Waals surface area (Å²) in [4.78, 5) is 4.09. The molecule has 1 aromatic heterocycles. The van der Waals surface area contributed by atoms with Gasteiger partial charge in [0.25, 0.3) is 10.0 Å². The Morgan fingerprint density at radius 2 is 2.09 bits per heavy atom. The Hall–Kier alpha value is -1.96. The van der Waals surface area contributed by atoms with Gasteiger partial charge in [-0.1, -0.05) is 24.6 Å². The largest absolute Gasteiger partial charge is 0.286 e. The summed E-state index contributed by atoms with van der Waals surface area (Å²) in [6.45, 7) is 2.48. The molecule has 0 spiro atoms. The molecule has 0 radical (unpaired) electrons. The molecule has 2 heterocycles. The standard InChI is InChI=1S/C14H13ClN4O2S/c1-2-17-19-13-11(15)6-3-7-12(13)22(20,21)18-14(19)10-5-4-8-16-9-10/h3-9,17H,2H2,1H3. The number of sulfonamides is 1. The fourth-order valence-electron chi connectivity index (χ4n) is 2.22. The van der Waals surface area contributed by atoms with Gasteiger partial charge in [-0.05, 0) is 24.3 Å². The van der Waals surface area contributed by atoms with Crippen molar-refractivity contribution in [3.05, 3.63) is 53.3 Å². The van der Waals surface area contributed by atoms with Crippen molar-refractivity contribution in [1.82, 2.24) is 10.4 Å². The van der Waals surface area contributed by atoms with Gasteiger partial charge in [-0.15, -0.1) is 4.40 Å². The van der Waals surface area contributed by atoms with Crippen LogP contribution >= 0.6 is 11.6 Å². The highest BCUT2D eigenvalue weighted by atomic mass is 35.5. The van der Waals surface area contributed by atoms with Crippen LogP contribution in [0.25, 0.3) is 0 Å². The van der Waals surface area contributed by atoms with Gasteiger partial charge in [-0.3, -0.25) is 9.99 Å². The van der Waals surface area contributed by atoms with Crippen LogP contribution in [-0.2, 0) is 10.0 Å². The van der Waals surface area contributed by atoms with E-state index >= 15 is 0 Å². The third-order valence-electron chi connectivity index (χ3n) is 3.11. The summed E-state index contributed by atoms with van der Waals surface area (Å²) >= 11 is 6.24. The highest BCUT2D eigenvalue weighted by molar-refractivity contribution is 7.90. The summed E-state index contributed by atoms with van der Waals surface area (Å²) in [5.74, 6) is 0.246. The maximum absolute atomic E-state index is 12.4. The number of hydrogen-bond donors (Lipinski definition) is 1. The van der Waals surface area contributed by atoms with Gasteiger partial charge in [0.1, 0.15) is 4.90 Å². The fraction of sp³-hybridized carbons (Fsp3) is 0.143. The van der Waals surface area contributed by atoms with Crippen molar-refractivity contribution in [2.75, 3.05) is 11.6 Å². The molecule has 1 aliphatic heterocycles. The van der Waals surface area contributed by atoms with E-state index in [1.165, 1.54) is 6.07 Å². The van der Waals surface area contributed by atoms with Crippen LogP contribution < -0.4 is 10.4 Å². The first kappa shape index (κ1) is 15.0. The van der Waals surface area contributed by atoms with Gasteiger partial charge in [0.2, 0.25) is 0 Å². The molecule has 0 aliphatic carbocycles. The summed E-state index contributed by atoms with van der Waals surface area (Å²) in [6.07, 6.45) is 3.17. The molecule has 0 atom stereocenters. The Bertz CT molecular complexity index is 837. The SMILES string of the molecule is CCNN1C(c2cccnc2)=NS(=O)(=O)c2cccc(Cl)c21. The zero-order valence-electron chi connectivity index (χ0n) is 11.7. The summed E-state index contributed by atoms with van der Waals surface area (Å²) < 4.78 is 28.8. The Morgan fingerprint density at radius 3 is 2.77 bits per heavy atom. The molecule has 0 bridgehead atoms. The van der Waals surface area contributed by atoms with E-state index < -0.39 is 10.0 Å². The number of aromatic nitrogens is 1. The van der Waals surface area contributed by atoms with Gasteiger partial charge in [0.05, 0.1) is 10.7 Å². The molecule has 0 unspecified atom stereocenters. The molecule has 1 N–H and O–H groups in total. The maximum atomic E-state index is 12.4. The highest BCUT2D eigenvalue weighted by Gasteiger charge is 2.33. The van der Waals surface area contributed by atoms with Crippen molar-refractivity contribution in [1.29, 1.82) is 0 Å². The van der Waals surface area contributed by atoms with E-state index in [1.54, 1.807) is 41.7 Å². The molecule has 0 amide bonds. The molecule has 0 fully saturated rings. The van der Waals surface area contributed by atoms with Crippen LogP contribution in [0.15, 0.2) is 52.0 Å². The van der Waals surface area contributed by atoms with Crippen LogP contribution in [0.5, 0.6) is 0 Å². The molecule has 3 rings (SSSR count). The number of nitrogens with zero attached hydrogens (tertiary/aromatic N) is 3. The van der Waals surface area contributed by atoms with Crippen molar-refractivity contribution in [2.45, 2.75) is 11.8 Å². The number of halogens is 1. The van der Waals surface area contributed by atoms with E-state index in [9.17, 15) is 8.42 Å². The molecule has 114 valence electrons. The van der Waals surface area contributed by atoms with Gasteiger partial charge in [0, 0.05) is 24.5 Å². The van der Waals surface area contributed by atoms with Gasteiger partial charge in [-0.25, -0.2) is 5.43 Å². The average molecular weight is 337 g/mol. The predicted octanol–water partition coefficient (Wildman–Crippen LogP) is 2.21. The first-order chi connectivity index (χ1) is 10.5. The summed E-state index contributed by atoms with van der Waals surface area (Å²) in [7, 11) is -3.82. The molecular weight excluding hydrogens is 324 g/mol. The minimum Gasteiger partial charge on any atom is -0.264 e. The minimum atomic E-state index is -3.82. The molecule has 1 aliphatic rings. The first-order valence-corrected chi connectivity index (χ1v) is 8.44. The summed E-state index contributed by atoms with van der Waals surface area (Å²) in [5.41, 5.74) is 4.05. The lowest BCUT2D eigenvalue weighted by Crippen LogP contribution is -2.46. The van der Waals surface area contributed by atoms with Crippen LogP contribution in [0.1, 0.15) is 12.5 Å². The van der Waals surface area contributed by atoms with E-state index in [1.807, 2.05) is 6.92 Å². The molecule has 6 nitrogen and oxygen atoms in total. The highest BCUT2D eigenvalue weighted by Crippen LogP contribution is 2.37. The molecule has 0 saturated carbocycles. The first-order valence-electron chi connectivity index (χ1n) is 6.62. The predicted molar refractivity (Wildman–Crippen MR) is 85.6 cm³/mol. The molecular formula is C14H13ClN4O2S. The lowest BCUT2D eigenvalue weighted by Gasteiger charge is -2.31. The van der Waals surface area contributed by atoms with E-state index in [-0.39, 0.29) is 10.7 Å². The second kappa shape index (κ2) is 5.68. The maximum Gasteiger partial charge on any atom is 0.286 e. The van der Waals surface area contributed by atoms with Crippen molar-refractivity contribution < 1.29 is 8.42 Å². The number of rotatable bonds is 3. The zero-order chi connectivity index (χ0) is 15.7. The number of pyridine rings is 1. The minimum absolute atomic E-state index is 0.0774. The Balaban J connectivity index is 2.27. The second-order valence-electron chi connectivity index (χ2n) is 4.57. The van der Waals surface area contributed by atoms with Gasteiger partial charge >= 0.3 is 0 Å². The lowest BCUT2D eigenvalue weighted by molar-refractivity contribution is 0.595. The molecule has 2 aromatic rings. The number of amidine groups is 1. The monoisotopic (exact) mass is 336 g/mol. The van der Waals surface area contributed by atoms with E-state index in [0.29, 0.717) is 22.8 Å². The smallest absolute Gasteiger partial charge is 0.264 e. The third-order valence-corrected chi connectivity index (χ3v) is 4.71. The van der Waals surface area contributed by atoms with E-state index in [4.69, 9.17) is 11.6 Å². The van der Waals surface area contributed by atoms with Gasteiger partial charge in [0.15, 0.2) is 5.84 Å². The van der Waals surface area contributed by atoms with Crippen molar-refractivity contribution in [2.24, 2.45) is 4.40 Å². The third kappa shape index (κ3) is 2.47. The molecule has 1 aromatic carbocycles. The lowest BCUT2D eigenvalue weighted by atomic mass is 10.2. The number of benzene rings is 1. The number of fused-ring (bicyclic) bond motifs is 1. The topological polar surface area (TPSA) is 74.7 Å². The summed E-state index contributed by atoms with van der Waals surface area (Å²) in [6, 6.07) is 8.19. The number of nitrogens with one attached hydrogen (secondary N) is 1. The van der Waals surface area contributed by atoms with E-state index in [2.05, 4.69) is 14.8 Å². The Morgan fingerprint density at radius 1 is 1.27 bits per heavy atom. The number of hydrogen-bond acceptors (Lipinski definition) is 5. The summed E-state index contributed by atoms with van der Waals surface area (Å²) in [5, 5.41) is 1.92. The zero-order valence-corrected chi connectivity index (χ0v) is 13.3. The quantitative estimate of drug-likeness (QED) is 0.930. The van der Waals surface area contributed by atoms with Gasteiger partial charge < -0.3 is 0 Å². The van der Waals surface area contributed by atoms with Crippen LogP contribution in [0.4, 0.5) is 5.69 Å². The number of para-hydroxylation sites is 1. The normalized spacial score (nSPS) is 16.1. The van der Waals surface area contributed by atoms with Gasteiger partial charge in [-0.2, -0.15) is 8.42 Å². The van der Waals surface area contributed by atoms with Crippen molar-refractivity contribution in [3.63, 3.8) is 0 Å². The van der Waals surface area contributed by atoms with Crippen molar-refractivity contribution >= 4 is 33.1 Å². The Kier molecular flexibility index (Phi) is 3.86. The molecule has 22 heavy (non-hydrogen) atoms. The van der Waals surface area contributed by atoms with Crippen LogP contribution in [0.3, 0.4) is 0 Å². The van der Waals surface area contributed by atoms with Crippen molar-refractivity contribution in [3.8, 4) is 0 Å². The van der Waals surface area contributed by atoms with E-state index in [0.717, 1.165) is 0 Å². The average Bonchev–Trinajstić information content (AvgIpc) is 2.51. The number of hydrazine groups is 1. The van der Waals surface area contributed by atoms with Crippen LogP contribution in [0, 0.1) is 0 Å². The Labute approximate surface area is 133 Å². The van der Waals surface area contributed by atoms with Crippen LogP contribution in [-0.4, -0.2) is 25.8 Å². The number of anilines is 1. The second-order valence-corrected chi connectivity index (χ2v) is 6.55. The molecule has 8 heteroatoms. The van der Waals surface area contributed by atoms with Crippen LogP contribution in [0.2, 0.25) is 5.02 Å².